The van der Waals surface area contributed by atoms with Crippen molar-refractivity contribution in [3.63, 3.8) is 0 Å². The predicted molar refractivity (Wildman–Crippen MR) is 113 cm³/mol. The molecule has 0 bridgehead atoms. The fourth-order valence-electron chi connectivity index (χ4n) is 4.87. The molecule has 148 valence electrons. The van der Waals surface area contributed by atoms with Crippen LogP contribution in [0.5, 0.6) is 0 Å². The number of ether oxygens (including phenoxy) is 2. The summed E-state index contributed by atoms with van der Waals surface area (Å²) in [7, 11) is 1.81. The second-order valence-corrected chi connectivity index (χ2v) is 8.00. The van der Waals surface area contributed by atoms with Gasteiger partial charge in [-0.1, -0.05) is 72.8 Å². The van der Waals surface area contributed by atoms with Gasteiger partial charge in [0.15, 0.2) is 0 Å². The summed E-state index contributed by atoms with van der Waals surface area (Å²) >= 11 is 0. The molecule has 1 saturated heterocycles. The molecule has 0 spiro atoms. The van der Waals surface area contributed by atoms with Crippen molar-refractivity contribution < 1.29 is 9.47 Å². The fourth-order valence-corrected chi connectivity index (χ4v) is 4.87. The molecule has 2 aromatic carbocycles. The Labute approximate surface area is 169 Å². The van der Waals surface area contributed by atoms with E-state index in [1.165, 1.54) is 24.0 Å². The second-order valence-electron chi connectivity index (χ2n) is 8.00. The first-order valence-electron chi connectivity index (χ1n) is 10.4. The number of allylic oxidation sites excluding steroid dienone is 1. The van der Waals surface area contributed by atoms with E-state index in [1.54, 1.807) is 7.11 Å². The minimum Gasteiger partial charge on any atom is -0.383 e. The van der Waals surface area contributed by atoms with E-state index in [4.69, 9.17) is 9.47 Å². The van der Waals surface area contributed by atoms with Gasteiger partial charge in [-0.2, -0.15) is 0 Å². The number of likely N-dealkylation sites (tertiary alicyclic amines) is 1. The summed E-state index contributed by atoms with van der Waals surface area (Å²) in [5, 5.41) is 0. The molecule has 0 saturated carbocycles. The number of hydrogen-bond acceptors (Lipinski definition) is 3. The van der Waals surface area contributed by atoms with Crippen LogP contribution in [0.3, 0.4) is 0 Å². The number of rotatable bonds is 8. The Morgan fingerprint density at radius 3 is 2.54 bits per heavy atom. The monoisotopic (exact) mass is 377 g/mol. The van der Waals surface area contributed by atoms with Crippen molar-refractivity contribution in [3.05, 3.63) is 83.9 Å². The van der Waals surface area contributed by atoms with E-state index in [-0.39, 0.29) is 0 Å². The van der Waals surface area contributed by atoms with Gasteiger partial charge in [-0.05, 0) is 35.8 Å². The van der Waals surface area contributed by atoms with Crippen LogP contribution >= 0.6 is 0 Å². The number of nitrogens with zero attached hydrogens (tertiary/aromatic N) is 1. The molecule has 0 unspecified atom stereocenters. The van der Waals surface area contributed by atoms with E-state index in [9.17, 15) is 0 Å². The predicted octanol–water partition coefficient (Wildman–Crippen LogP) is 4.86. The molecule has 28 heavy (non-hydrogen) atoms. The molecule has 3 heteroatoms. The molecule has 1 heterocycles. The van der Waals surface area contributed by atoms with E-state index in [0.717, 1.165) is 19.8 Å². The first-order valence-corrected chi connectivity index (χ1v) is 10.4. The first kappa shape index (κ1) is 19.4. The summed E-state index contributed by atoms with van der Waals surface area (Å²) in [6.45, 7) is 3.32. The Bertz CT molecular complexity index is 746. The molecule has 0 N–H and O–H groups in total. The Morgan fingerprint density at radius 2 is 1.79 bits per heavy atom. The maximum absolute atomic E-state index is 6.16. The van der Waals surface area contributed by atoms with Crippen LogP contribution in [0.1, 0.15) is 30.0 Å². The summed E-state index contributed by atoms with van der Waals surface area (Å²) < 4.78 is 11.8. The van der Waals surface area contributed by atoms with Crippen molar-refractivity contribution in [1.82, 2.24) is 4.90 Å². The highest BCUT2D eigenvalue weighted by Gasteiger charge is 2.44. The molecule has 1 fully saturated rings. The van der Waals surface area contributed by atoms with Gasteiger partial charge in [0, 0.05) is 19.7 Å². The Hall–Kier alpha value is -1.94. The Morgan fingerprint density at radius 1 is 1.04 bits per heavy atom. The maximum atomic E-state index is 6.16. The van der Waals surface area contributed by atoms with E-state index >= 15 is 0 Å². The molecule has 4 atom stereocenters. The van der Waals surface area contributed by atoms with Gasteiger partial charge in [0.05, 0.1) is 25.9 Å². The van der Waals surface area contributed by atoms with E-state index in [1.807, 2.05) is 0 Å². The van der Waals surface area contributed by atoms with Crippen LogP contribution < -0.4 is 0 Å². The molecule has 4 rings (SSSR count). The van der Waals surface area contributed by atoms with Crippen LogP contribution in [-0.4, -0.2) is 37.8 Å². The molecule has 1 aliphatic carbocycles. The summed E-state index contributed by atoms with van der Waals surface area (Å²) in [6, 6.07) is 22.0. The first-order chi connectivity index (χ1) is 13.9. The molecule has 0 aromatic heterocycles. The zero-order valence-electron chi connectivity index (χ0n) is 16.7. The lowest BCUT2D eigenvalue weighted by Crippen LogP contribution is -2.37. The van der Waals surface area contributed by atoms with Crippen LogP contribution in [0.15, 0.2) is 72.8 Å². The summed E-state index contributed by atoms with van der Waals surface area (Å²) in [4.78, 5) is 2.65. The average Bonchev–Trinajstić information content (AvgIpc) is 3.12. The zero-order chi connectivity index (χ0) is 19.2. The molecule has 0 amide bonds. The van der Waals surface area contributed by atoms with Crippen LogP contribution in [-0.2, 0) is 16.1 Å². The number of fused-ring (bicyclic) bond motifs is 1. The molecule has 2 aromatic rings. The van der Waals surface area contributed by atoms with Crippen molar-refractivity contribution in [1.29, 1.82) is 0 Å². The highest BCUT2D eigenvalue weighted by molar-refractivity contribution is 5.22. The summed E-state index contributed by atoms with van der Waals surface area (Å²) in [5.41, 5.74) is 2.59. The third kappa shape index (κ3) is 4.38. The zero-order valence-corrected chi connectivity index (χ0v) is 16.7. The number of benzene rings is 2. The quantitative estimate of drug-likeness (QED) is 0.614. The van der Waals surface area contributed by atoms with E-state index in [0.29, 0.717) is 30.5 Å². The third-order valence-corrected chi connectivity index (χ3v) is 6.23. The topological polar surface area (TPSA) is 21.7 Å². The SMILES string of the molecule is COC[C@@H](c1ccccc1)N1C[C@H](COCc2ccccc2)[C@@H]2CCC=C[C@H]21. The van der Waals surface area contributed by atoms with Gasteiger partial charge in [0.1, 0.15) is 0 Å². The fraction of sp³-hybridized carbons (Fsp3) is 0.440. The lowest BCUT2D eigenvalue weighted by molar-refractivity contribution is 0.0698. The smallest absolute Gasteiger partial charge is 0.0717 e. The molecule has 3 nitrogen and oxygen atoms in total. The normalized spacial score (nSPS) is 25.5. The van der Waals surface area contributed by atoms with Crippen molar-refractivity contribution in [3.8, 4) is 0 Å². The van der Waals surface area contributed by atoms with Crippen molar-refractivity contribution in [2.75, 3.05) is 26.9 Å². The number of methoxy groups -OCH3 is 1. The minimum atomic E-state index is 0.292. The van der Waals surface area contributed by atoms with Crippen molar-refractivity contribution >= 4 is 0 Å². The lowest BCUT2D eigenvalue weighted by atomic mass is 9.83. The summed E-state index contributed by atoms with van der Waals surface area (Å²) in [5.74, 6) is 1.24. The molecule has 0 radical (unpaired) electrons. The second kappa shape index (κ2) is 9.51. The van der Waals surface area contributed by atoms with Gasteiger partial charge in [0.2, 0.25) is 0 Å². The average molecular weight is 378 g/mol. The van der Waals surface area contributed by atoms with E-state index < -0.39 is 0 Å². The molecular formula is C25H31NO2. The van der Waals surface area contributed by atoms with E-state index in [2.05, 4.69) is 77.7 Å². The highest BCUT2D eigenvalue weighted by Crippen LogP contribution is 2.41. The van der Waals surface area contributed by atoms with Crippen LogP contribution in [0.25, 0.3) is 0 Å². The molecular weight excluding hydrogens is 346 g/mol. The van der Waals surface area contributed by atoms with Crippen LogP contribution in [0.4, 0.5) is 0 Å². The lowest BCUT2D eigenvalue weighted by Gasteiger charge is -2.34. The standard InChI is InChI=1S/C25H31NO2/c1-27-19-25(21-12-6-3-7-13-21)26-16-22(23-14-8-9-15-24(23)26)18-28-17-20-10-4-2-5-11-20/h2-7,9-13,15,22-25H,8,14,16-19H2,1H3/t22-,23+,24-,25+/m1/s1. The largest absolute Gasteiger partial charge is 0.383 e. The van der Waals surface area contributed by atoms with Gasteiger partial charge in [-0.15, -0.1) is 0 Å². The highest BCUT2D eigenvalue weighted by atomic mass is 16.5. The van der Waals surface area contributed by atoms with Crippen LogP contribution in [0, 0.1) is 11.8 Å². The molecule has 2 aliphatic rings. The third-order valence-electron chi connectivity index (χ3n) is 6.23. The van der Waals surface area contributed by atoms with Gasteiger partial charge >= 0.3 is 0 Å². The number of hydrogen-bond donors (Lipinski definition) is 0. The Kier molecular flexibility index (Phi) is 6.58. The van der Waals surface area contributed by atoms with Gasteiger partial charge in [-0.3, -0.25) is 4.90 Å². The van der Waals surface area contributed by atoms with Gasteiger partial charge in [0.25, 0.3) is 0 Å². The minimum absolute atomic E-state index is 0.292. The van der Waals surface area contributed by atoms with Crippen molar-refractivity contribution in [2.45, 2.75) is 31.5 Å². The van der Waals surface area contributed by atoms with Gasteiger partial charge < -0.3 is 9.47 Å². The molecule has 1 aliphatic heterocycles. The maximum Gasteiger partial charge on any atom is 0.0717 e. The van der Waals surface area contributed by atoms with Gasteiger partial charge in [-0.25, -0.2) is 0 Å². The van der Waals surface area contributed by atoms with Crippen molar-refractivity contribution in [2.24, 2.45) is 11.8 Å². The van der Waals surface area contributed by atoms with Crippen LogP contribution in [0.2, 0.25) is 0 Å². The summed E-state index contributed by atoms with van der Waals surface area (Å²) in [6.07, 6.45) is 7.23. The Balaban J connectivity index is 1.47.